The van der Waals surface area contributed by atoms with Crippen molar-refractivity contribution in [2.24, 2.45) is 5.92 Å². The Morgan fingerprint density at radius 3 is 2.73 bits per heavy atom. The Labute approximate surface area is 168 Å². The monoisotopic (exact) mass is 403 g/mol. The summed E-state index contributed by atoms with van der Waals surface area (Å²) in [6.45, 7) is 4.81. The fourth-order valence-electron chi connectivity index (χ4n) is 2.43. The lowest BCUT2D eigenvalue weighted by molar-refractivity contribution is -0.113. The van der Waals surface area contributed by atoms with Crippen LogP contribution >= 0.6 is 35.6 Å². The van der Waals surface area contributed by atoms with Gasteiger partial charge in [0.15, 0.2) is 4.32 Å². The van der Waals surface area contributed by atoms with Gasteiger partial charge in [-0.3, -0.25) is 9.69 Å². The molecule has 0 saturated carbocycles. The second kappa shape index (κ2) is 8.25. The van der Waals surface area contributed by atoms with Crippen LogP contribution in [0, 0.1) is 5.92 Å². The molecule has 3 nitrogen and oxygen atoms in total. The zero-order valence-corrected chi connectivity index (χ0v) is 16.8. The molecule has 0 spiro atoms. The summed E-state index contributed by atoms with van der Waals surface area (Å²) in [5, 5.41) is 0.563. The van der Waals surface area contributed by atoms with Crippen LogP contribution in [0.25, 0.3) is 6.08 Å². The highest BCUT2D eigenvalue weighted by Crippen LogP contribution is 2.37. The van der Waals surface area contributed by atoms with Crippen LogP contribution in [0.15, 0.2) is 53.4 Å². The predicted molar refractivity (Wildman–Crippen MR) is 114 cm³/mol. The molecule has 26 heavy (non-hydrogen) atoms. The van der Waals surface area contributed by atoms with Crippen LogP contribution in [0.3, 0.4) is 0 Å². The van der Waals surface area contributed by atoms with Crippen LogP contribution in [0.1, 0.15) is 19.4 Å². The van der Waals surface area contributed by atoms with E-state index in [-0.39, 0.29) is 5.91 Å². The maximum absolute atomic E-state index is 12.9. The molecule has 0 radical (unpaired) electrons. The molecule has 0 unspecified atom stereocenters. The summed E-state index contributed by atoms with van der Waals surface area (Å²) in [7, 11) is 0. The highest BCUT2D eigenvalue weighted by atomic mass is 35.5. The zero-order valence-electron chi connectivity index (χ0n) is 14.4. The van der Waals surface area contributed by atoms with E-state index in [2.05, 4.69) is 13.8 Å². The first-order chi connectivity index (χ1) is 12.5. The van der Waals surface area contributed by atoms with E-state index in [1.54, 1.807) is 18.2 Å². The molecule has 0 aromatic heterocycles. The van der Waals surface area contributed by atoms with Crippen LogP contribution in [0.4, 0.5) is 5.69 Å². The van der Waals surface area contributed by atoms with Crippen LogP contribution in [-0.2, 0) is 4.79 Å². The van der Waals surface area contributed by atoms with Crippen molar-refractivity contribution in [2.75, 3.05) is 11.5 Å². The molecular weight excluding hydrogens is 386 g/mol. The van der Waals surface area contributed by atoms with Gasteiger partial charge < -0.3 is 4.74 Å². The number of anilines is 1. The highest BCUT2D eigenvalue weighted by molar-refractivity contribution is 8.27. The van der Waals surface area contributed by atoms with Gasteiger partial charge in [-0.25, -0.2) is 0 Å². The molecule has 0 atom stereocenters. The van der Waals surface area contributed by atoms with Gasteiger partial charge in [0.2, 0.25) is 0 Å². The van der Waals surface area contributed by atoms with Crippen molar-refractivity contribution in [1.29, 1.82) is 0 Å². The number of benzene rings is 2. The second-order valence-corrected chi connectivity index (χ2v) is 8.35. The first-order valence-corrected chi connectivity index (χ1v) is 9.81. The van der Waals surface area contributed by atoms with E-state index in [9.17, 15) is 4.79 Å². The quantitative estimate of drug-likeness (QED) is 0.467. The number of halogens is 1. The molecule has 0 aliphatic carbocycles. The molecule has 1 fully saturated rings. The lowest BCUT2D eigenvalue weighted by atomic mass is 10.1. The van der Waals surface area contributed by atoms with Crippen molar-refractivity contribution in [3.63, 3.8) is 0 Å². The van der Waals surface area contributed by atoms with Gasteiger partial charge in [-0.2, -0.15) is 0 Å². The normalized spacial score (nSPS) is 16.0. The number of hydrogen-bond acceptors (Lipinski definition) is 4. The minimum atomic E-state index is -0.152. The molecule has 2 aromatic carbocycles. The number of nitrogens with zero attached hydrogens (tertiary/aromatic N) is 1. The lowest BCUT2D eigenvalue weighted by Gasteiger charge is -2.14. The molecule has 134 valence electrons. The van der Waals surface area contributed by atoms with Gasteiger partial charge in [-0.1, -0.05) is 73.7 Å². The van der Waals surface area contributed by atoms with Crippen molar-refractivity contribution in [2.45, 2.75) is 13.8 Å². The first kappa shape index (κ1) is 19.0. The number of ether oxygens (including phenoxy) is 1. The molecule has 1 heterocycles. The molecule has 1 saturated heterocycles. The minimum Gasteiger partial charge on any atom is -0.493 e. The smallest absolute Gasteiger partial charge is 0.270 e. The van der Waals surface area contributed by atoms with E-state index in [1.807, 2.05) is 36.4 Å². The highest BCUT2D eigenvalue weighted by Gasteiger charge is 2.33. The van der Waals surface area contributed by atoms with E-state index in [0.29, 0.717) is 32.5 Å². The fraction of sp³-hybridized carbons (Fsp3) is 0.200. The molecule has 2 aromatic rings. The topological polar surface area (TPSA) is 29.5 Å². The van der Waals surface area contributed by atoms with E-state index < -0.39 is 0 Å². The summed E-state index contributed by atoms with van der Waals surface area (Å²) in [5.74, 6) is 1.03. The van der Waals surface area contributed by atoms with E-state index in [1.165, 1.54) is 16.7 Å². The Morgan fingerprint density at radius 2 is 2.00 bits per heavy atom. The van der Waals surface area contributed by atoms with Crippen LogP contribution in [0.2, 0.25) is 5.02 Å². The van der Waals surface area contributed by atoms with E-state index >= 15 is 0 Å². The van der Waals surface area contributed by atoms with Gasteiger partial charge in [-0.15, -0.1) is 0 Å². The third kappa shape index (κ3) is 4.29. The molecule has 6 heteroatoms. The average Bonchev–Trinajstić information content (AvgIpc) is 2.87. The summed E-state index contributed by atoms with van der Waals surface area (Å²) in [6.07, 6.45) is 1.83. The third-order valence-corrected chi connectivity index (χ3v) is 5.18. The van der Waals surface area contributed by atoms with Gasteiger partial charge in [-0.05, 0) is 36.3 Å². The SMILES string of the molecule is CC(C)COc1ccccc1/C=C1\SC(=S)N(c2cccc(Cl)c2)C1=O. The Morgan fingerprint density at radius 1 is 1.23 bits per heavy atom. The first-order valence-electron chi connectivity index (χ1n) is 8.21. The third-order valence-electron chi connectivity index (χ3n) is 3.64. The molecule has 1 amide bonds. The standard InChI is InChI=1S/C20H18ClNO2S2/c1-13(2)12-24-17-9-4-3-6-14(17)10-18-19(23)22(20(25)26-18)16-8-5-7-15(21)11-16/h3-11,13H,12H2,1-2H3/b18-10-. The largest absolute Gasteiger partial charge is 0.493 e. The number of hydrogen-bond donors (Lipinski definition) is 0. The maximum atomic E-state index is 12.9. The minimum absolute atomic E-state index is 0.152. The molecule has 3 rings (SSSR count). The summed E-state index contributed by atoms with van der Waals surface area (Å²) < 4.78 is 6.36. The van der Waals surface area contributed by atoms with Gasteiger partial charge in [0.25, 0.3) is 5.91 Å². The molecule has 1 aliphatic heterocycles. The van der Waals surface area contributed by atoms with Crippen molar-refractivity contribution >= 4 is 57.6 Å². The number of rotatable bonds is 5. The van der Waals surface area contributed by atoms with Crippen molar-refractivity contribution in [3.05, 3.63) is 64.0 Å². The van der Waals surface area contributed by atoms with Crippen LogP contribution in [0.5, 0.6) is 5.75 Å². The Hall–Kier alpha value is -1.82. The number of thiocarbonyl (C=S) groups is 1. The zero-order chi connectivity index (χ0) is 18.7. The summed E-state index contributed by atoms with van der Waals surface area (Å²) >= 11 is 12.7. The van der Waals surface area contributed by atoms with Gasteiger partial charge >= 0.3 is 0 Å². The summed E-state index contributed by atoms with van der Waals surface area (Å²) in [4.78, 5) is 14.9. The molecular formula is C20H18ClNO2S2. The number of para-hydroxylation sites is 1. The van der Waals surface area contributed by atoms with Gasteiger partial charge in [0.1, 0.15) is 5.75 Å². The summed E-state index contributed by atoms with van der Waals surface area (Å²) in [6, 6.07) is 14.8. The number of thioether (sulfide) groups is 1. The molecule has 0 N–H and O–H groups in total. The number of carbonyl (C=O) groups is 1. The lowest BCUT2D eigenvalue weighted by Crippen LogP contribution is -2.27. The fourth-order valence-corrected chi connectivity index (χ4v) is 3.91. The van der Waals surface area contributed by atoms with Gasteiger partial charge in [0, 0.05) is 10.6 Å². The van der Waals surface area contributed by atoms with Crippen LogP contribution in [-0.4, -0.2) is 16.8 Å². The number of carbonyl (C=O) groups excluding carboxylic acids is 1. The summed E-state index contributed by atoms with van der Waals surface area (Å²) in [5.41, 5.74) is 1.53. The van der Waals surface area contributed by atoms with Gasteiger partial charge in [0.05, 0.1) is 17.2 Å². The van der Waals surface area contributed by atoms with Crippen molar-refractivity contribution in [3.8, 4) is 5.75 Å². The second-order valence-electron chi connectivity index (χ2n) is 6.24. The Kier molecular flexibility index (Phi) is 6.01. The van der Waals surface area contributed by atoms with E-state index in [0.717, 1.165) is 11.3 Å². The maximum Gasteiger partial charge on any atom is 0.270 e. The Bertz CT molecular complexity index is 880. The molecule has 1 aliphatic rings. The Balaban J connectivity index is 1.89. The number of amides is 1. The van der Waals surface area contributed by atoms with Crippen LogP contribution < -0.4 is 9.64 Å². The average molecular weight is 404 g/mol. The van der Waals surface area contributed by atoms with Crippen molar-refractivity contribution in [1.82, 2.24) is 0 Å². The van der Waals surface area contributed by atoms with Crippen molar-refractivity contribution < 1.29 is 9.53 Å². The van der Waals surface area contributed by atoms with E-state index in [4.69, 9.17) is 28.6 Å². The molecule has 0 bridgehead atoms. The predicted octanol–water partition coefficient (Wildman–Crippen LogP) is 5.78.